The molecule has 0 unspecified atom stereocenters. The number of nitrogens with zero attached hydrogens (tertiary/aromatic N) is 1. The normalized spacial score (nSPS) is 11.3. The molecule has 3 rings (SSSR count). The Kier molecular flexibility index (Phi) is 6.91. The van der Waals surface area contributed by atoms with E-state index in [4.69, 9.17) is 0 Å². The number of hydrogen-bond donors (Lipinski definition) is 3. The molecule has 3 aromatic carbocycles. The highest BCUT2D eigenvalue weighted by Crippen LogP contribution is 2.29. The zero-order valence-electron chi connectivity index (χ0n) is 17.1. The van der Waals surface area contributed by atoms with Gasteiger partial charge in [0.2, 0.25) is 10.0 Å². The Morgan fingerprint density at radius 3 is 2.27 bits per heavy atom. The van der Waals surface area contributed by atoms with Crippen molar-refractivity contribution in [1.82, 2.24) is 15.4 Å². The molecule has 7 nitrogen and oxygen atoms in total. The summed E-state index contributed by atoms with van der Waals surface area (Å²) >= 11 is 0. The molecule has 0 saturated heterocycles. The van der Waals surface area contributed by atoms with Crippen LogP contribution >= 0.6 is 0 Å². The van der Waals surface area contributed by atoms with Gasteiger partial charge in [0.25, 0.3) is 0 Å². The molecule has 0 bridgehead atoms. The summed E-state index contributed by atoms with van der Waals surface area (Å²) in [5, 5.41) is 6.91. The van der Waals surface area contributed by atoms with Gasteiger partial charge in [-0.15, -0.1) is 0 Å². The van der Waals surface area contributed by atoms with Gasteiger partial charge in [-0.25, -0.2) is 17.9 Å². The maximum absolute atomic E-state index is 12.8. The maximum atomic E-state index is 12.8. The summed E-state index contributed by atoms with van der Waals surface area (Å²) in [6.45, 7) is 0.668. The van der Waals surface area contributed by atoms with Crippen molar-refractivity contribution < 1.29 is 13.2 Å². The van der Waals surface area contributed by atoms with E-state index in [0.29, 0.717) is 11.9 Å². The first-order chi connectivity index (χ1) is 14.4. The van der Waals surface area contributed by atoms with Crippen molar-refractivity contribution in [1.29, 1.82) is 0 Å². The Morgan fingerprint density at radius 2 is 1.53 bits per heavy atom. The average Bonchev–Trinajstić information content (AvgIpc) is 2.75. The highest BCUT2D eigenvalue weighted by molar-refractivity contribution is 7.89. The number of nitrogens with one attached hydrogen (secondary N) is 3. The third-order valence-corrected chi connectivity index (χ3v) is 6.15. The summed E-state index contributed by atoms with van der Waals surface area (Å²) in [7, 11) is 0.116. The second-order valence-corrected chi connectivity index (χ2v) is 8.75. The minimum absolute atomic E-state index is 0.0881. The second-order valence-electron chi connectivity index (χ2n) is 7.02. The monoisotopic (exact) mass is 426 g/mol. The predicted molar refractivity (Wildman–Crippen MR) is 120 cm³/mol. The summed E-state index contributed by atoms with van der Waals surface area (Å²) in [4.78, 5) is 14.1. The number of amides is 2. The van der Waals surface area contributed by atoms with E-state index in [1.54, 1.807) is 18.2 Å². The van der Waals surface area contributed by atoms with E-state index in [2.05, 4.69) is 15.4 Å². The summed E-state index contributed by atoms with van der Waals surface area (Å²) in [6, 6.07) is 20.0. The summed E-state index contributed by atoms with van der Waals surface area (Å²) in [5.74, 6) is 0. The Morgan fingerprint density at radius 1 is 0.833 bits per heavy atom. The van der Waals surface area contributed by atoms with Crippen molar-refractivity contribution in [3.8, 4) is 0 Å². The van der Waals surface area contributed by atoms with E-state index in [9.17, 15) is 13.2 Å². The van der Waals surface area contributed by atoms with Crippen molar-refractivity contribution in [2.45, 2.75) is 11.4 Å². The fourth-order valence-electron chi connectivity index (χ4n) is 3.17. The zero-order chi connectivity index (χ0) is 21.6. The molecule has 0 aromatic heterocycles. The first-order valence-electron chi connectivity index (χ1n) is 9.63. The van der Waals surface area contributed by atoms with Gasteiger partial charge in [0.15, 0.2) is 0 Å². The van der Waals surface area contributed by atoms with Crippen molar-refractivity contribution in [2.24, 2.45) is 0 Å². The van der Waals surface area contributed by atoms with Crippen LogP contribution in [0.15, 0.2) is 71.6 Å². The Bertz CT molecular complexity index is 1120. The Labute approximate surface area is 177 Å². The van der Waals surface area contributed by atoms with Crippen molar-refractivity contribution in [3.05, 3.63) is 72.3 Å². The van der Waals surface area contributed by atoms with E-state index >= 15 is 0 Å². The quantitative estimate of drug-likeness (QED) is 0.483. The van der Waals surface area contributed by atoms with Gasteiger partial charge in [-0.05, 0) is 17.7 Å². The van der Waals surface area contributed by atoms with Crippen LogP contribution in [0.5, 0.6) is 0 Å². The number of benzene rings is 3. The van der Waals surface area contributed by atoms with Crippen LogP contribution in [-0.4, -0.2) is 41.6 Å². The van der Waals surface area contributed by atoms with Gasteiger partial charge >= 0.3 is 6.03 Å². The third kappa shape index (κ3) is 5.28. The molecule has 0 atom stereocenters. The number of sulfonamides is 1. The number of rotatable bonds is 8. The lowest BCUT2D eigenvalue weighted by Crippen LogP contribution is -2.40. The first-order valence-corrected chi connectivity index (χ1v) is 11.1. The van der Waals surface area contributed by atoms with E-state index in [1.807, 2.05) is 67.5 Å². The standard InChI is InChI=1S/C22H26N4O3S/c1-26(2)20-12-6-11-19-18(20)10-7-13-21(19)30(28,29)25-15-14-23-22(27)24-16-17-8-4-3-5-9-17/h3-13,25H,14-16H2,1-2H3,(H2,23,24,27). The molecule has 0 fully saturated rings. The van der Waals surface area contributed by atoms with Crippen LogP contribution in [0.1, 0.15) is 5.56 Å². The topological polar surface area (TPSA) is 90.5 Å². The molecule has 2 amide bonds. The molecule has 0 spiro atoms. The van der Waals surface area contributed by atoms with E-state index in [0.717, 1.165) is 16.6 Å². The lowest BCUT2D eigenvalue weighted by Gasteiger charge is -2.17. The van der Waals surface area contributed by atoms with Crippen LogP contribution < -0.4 is 20.3 Å². The van der Waals surface area contributed by atoms with Crippen LogP contribution in [0.25, 0.3) is 10.8 Å². The highest BCUT2D eigenvalue weighted by atomic mass is 32.2. The van der Waals surface area contributed by atoms with Crippen molar-refractivity contribution in [3.63, 3.8) is 0 Å². The average molecular weight is 427 g/mol. The fraction of sp³-hybridized carbons (Fsp3) is 0.227. The molecule has 30 heavy (non-hydrogen) atoms. The van der Waals surface area contributed by atoms with Gasteiger partial charge in [-0.3, -0.25) is 0 Å². The van der Waals surface area contributed by atoms with Gasteiger partial charge < -0.3 is 15.5 Å². The fourth-order valence-corrected chi connectivity index (χ4v) is 4.42. The lowest BCUT2D eigenvalue weighted by atomic mass is 10.1. The Balaban J connectivity index is 1.58. The van der Waals surface area contributed by atoms with Crippen molar-refractivity contribution in [2.75, 3.05) is 32.1 Å². The van der Waals surface area contributed by atoms with Crippen molar-refractivity contribution >= 4 is 32.5 Å². The van der Waals surface area contributed by atoms with Crippen LogP contribution in [0, 0.1) is 0 Å². The number of carbonyl (C=O) groups is 1. The number of urea groups is 1. The summed E-state index contributed by atoms with van der Waals surface area (Å²) in [5.41, 5.74) is 1.93. The lowest BCUT2D eigenvalue weighted by molar-refractivity contribution is 0.240. The van der Waals surface area contributed by atoms with E-state index in [1.165, 1.54) is 0 Å². The Hall–Kier alpha value is -3.10. The maximum Gasteiger partial charge on any atom is 0.315 e. The molecule has 158 valence electrons. The molecular formula is C22H26N4O3S. The minimum atomic E-state index is -3.72. The SMILES string of the molecule is CN(C)c1cccc2c(S(=O)(=O)NCCNC(=O)NCc3ccccc3)cccc12. The molecule has 0 aliphatic rings. The van der Waals surface area contributed by atoms with Crippen LogP contribution in [0.3, 0.4) is 0 Å². The summed E-state index contributed by atoms with van der Waals surface area (Å²) < 4.78 is 28.2. The highest BCUT2D eigenvalue weighted by Gasteiger charge is 2.18. The molecular weight excluding hydrogens is 400 g/mol. The number of fused-ring (bicyclic) bond motifs is 1. The van der Waals surface area contributed by atoms with Gasteiger partial charge in [0.05, 0.1) is 4.90 Å². The van der Waals surface area contributed by atoms with Crippen LogP contribution in [0.2, 0.25) is 0 Å². The molecule has 0 radical (unpaired) electrons. The molecule has 0 heterocycles. The van der Waals surface area contributed by atoms with Gasteiger partial charge in [0, 0.05) is 50.2 Å². The first kappa shape index (κ1) is 21.6. The molecule has 0 aliphatic heterocycles. The minimum Gasteiger partial charge on any atom is -0.377 e. The molecule has 0 aliphatic carbocycles. The molecule has 3 aromatic rings. The number of anilines is 1. The smallest absolute Gasteiger partial charge is 0.315 e. The second kappa shape index (κ2) is 9.60. The predicted octanol–water partition coefficient (Wildman–Crippen LogP) is 2.68. The van der Waals surface area contributed by atoms with Gasteiger partial charge in [-0.2, -0.15) is 0 Å². The van der Waals surface area contributed by atoms with E-state index < -0.39 is 10.0 Å². The molecule has 8 heteroatoms. The largest absolute Gasteiger partial charge is 0.377 e. The third-order valence-electron chi connectivity index (χ3n) is 4.63. The van der Waals surface area contributed by atoms with Crippen LogP contribution in [-0.2, 0) is 16.6 Å². The number of hydrogen-bond acceptors (Lipinski definition) is 4. The summed E-state index contributed by atoms with van der Waals surface area (Å²) in [6.07, 6.45) is 0. The van der Waals surface area contributed by atoms with Crippen LogP contribution in [0.4, 0.5) is 10.5 Å². The van der Waals surface area contributed by atoms with Gasteiger partial charge in [0.1, 0.15) is 0 Å². The molecule has 3 N–H and O–H groups in total. The zero-order valence-corrected chi connectivity index (χ0v) is 17.9. The van der Waals surface area contributed by atoms with E-state index in [-0.39, 0.29) is 24.0 Å². The molecule has 0 saturated carbocycles. The number of carbonyl (C=O) groups excluding carboxylic acids is 1. The van der Waals surface area contributed by atoms with Gasteiger partial charge in [-0.1, -0.05) is 54.6 Å².